The predicted octanol–water partition coefficient (Wildman–Crippen LogP) is 3.66. The first-order valence-corrected chi connectivity index (χ1v) is 10.1. The lowest BCUT2D eigenvalue weighted by molar-refractivity contribution is -0.134. The molecule has 1 aromatic heterocycles. The molecule has 1 saturated carbocycles. The van der Waals surface area contributed by atoms with Crippen molar-refractivity contribution in [2.45, 2.75) is 25.7 Å². The third-order valence-corrected chi connectivity index (χ3v) is 5.84. The van der Waals surface area contributed by atoms with Crippen LogP contribution in [0.1, 0.15) is 30.5 Å². The van der Waals surface area contributed by atoms with Gasteiger partial charge in [-0.2, -0.15) is 5.10 Å². The molecule has 1 aliphatic heterocycles. The van der Waals surface area contributed by atoms with Gasteiger partial charge in [0.1, 0.15) is 11.6 Å². The van der Waals surface area contributed by atoms with Gasteiger partial charge in [-0.15, -0.1) is 0 Å². The molecule has 0 spiro atoms. The van der Waals surface area contributed by atoms with Crippen molar-refractivity contribution >= 4 is 23.3 Å². The fraction of sp³-hybridized carbons (Fsp3) is 0.261. The minimum atomic E-state index is -0.736. The van der Waals surface area contributed by atoms with E-state index in [1.54, 1.807) is 10.7 Å². The molecular formula is C23H21FN4O2. The lowest BCUT2D eigenvalue weighted by Gasteiger charge is -2.17. The highest BCUT2D eigenvalue weighted by Crippen LogP contribution is 2.47. The van der Waals surface area contributed by atoms with Crippen molar-refractivity contribution in [1.82, 2.24) is 9.78 Å². The largest absolute Gasteiger partial charge is 0.316 e. The van der Waals surface area contributed by atoms with Gasteiger partial charge in [-0.05, 0) is 54.7 Å². The van der Waals surface area contributed by atoms with Gasteiger partial charge < -0.3 is 10.2 Å². The van der Waals surface area contributed by atoms with E-state index in [9.17, 15) is 14.0 Å². The lowest BCUT2D eigenvalue weighted by Crippen LogP contribution is -2.39. The van der Waals surface area contributed by atoms with Gasteiger partial charge in [0.25, 0.3) is 0 Å². The van der Waals surface area contributed by atoms with E-state index in [-0.39, 0.29) is 5.82 Å². The van der Waals surface area contributed by atoms with Crippen molar-refractivity contribution in [1.29, 1.82) is 0 Å². The second-order valence-electron chi connectivity index (χ2n) is 7.96. The summed E-state index contributed by atoms with van der Waals surface area (Å²) in [6.45, 7) is 2.52. The Kier molecular flexibility index (Phi) is 4.38. The van der Waals surface area contributed by atoms with Crippen LogP contribution in [-0.2, 0) is 16.0 Å². The van der Waals surface area contributed by atoms with Crippen molar-refractivity contribution in [2.24, 2.45) is 5.92 Å². The summed E-state index contributed by atoms with van der Waals surface area (Å²) >= 11 is 0. The molecule has 6 nitrogen and oxygen atoms in total. The summed E-state index contributed by atoms with van der Waals surface area (Å²) in [5, 5.41) is 7.43. The molecule has 2 aromatic carbocycles. The van der Waals surface area contributed by atoms with Crippen LogP contribution in [0.15, 0.2) is 54.6 Å². The fourth-order valence-corrected chi connectivity index (χ4v) is 4.04. The van der Waals surface area contributed by atoms with Crippen molar-refractivity contribution in [2.75, 3.05) is 16.8 Å². The van der Waals surface area contributed by atoms with Gasteiger partial charge in [0.15, 0.2) is 0 Å². The summed E-state index contributed by atoms with van der Waals surface area (Å²) in [5.41, 5.74) is 3.04. The first kappa shape index (κ1) is 18.5. The summed E-state index contributed by atoms with van der Waals surface area (Å²) in [7, 11) is 0. The summed E-state index contributed by atoms with van der Waals surface area (Å²) in [5.74, 6) is -0.340. The molecule has 2 heterocycles. The molecular weight excluding hydrogens is 383 g/mol. The van der Waals surface area contributed by atoms with E-state index in [1.165, 1.54) is 17.0 Å². The van der Waals surface area contributed by atoms with E-state index in [0.717, 1.165) is 23.4 Å². The number of anilines is 2. The number of carbonyl (C=O) groups excluding carboxylic acids is 2. The second kappa shape index (κ2) is 7.09. The Morgan fingerprint density at radius 3 is 2.63 bits per heavy atom. The number of carbonyl (C=O) groups is 2. The Labute approximate surface area is 173 Å². The van der Waals surface area contributed by atoms with Gasteiger partial charge in [-0.3, -0.25) is 9.59 Å². The van der Waals surface area contributed by atoms with E-state index in [1.807, 2.05) is 36.4 Å². The molecule has 1 N–H and O–H groups in total. The Hall–Kier alpha value is -3.48. The summed E-state index contributed by atoms with van der Waals surface area (Å²) in [6.07, 6.45) is 1.59. The number of amides is 2. The maximum Gasteiger partial charge on any atom is 0.316 e. The highest BCUT2D eigenvalue weighted by Gasteiger charge is 2.37. The number of hydrogen-bond acceptors (Lipinski definition) is 3. The molecule has 3 aromatic rings. The topological polar surface area (TPSA) is 67.2 Å². The van der Waals surface area contributed by atoms with Crippen LogP contribution in [0, 0.1) is 11.7 Å². The Balaban J connectivity index is 1.41. The zero-order valence-corrected chi connectivity index (χ0v) is 16.5. The zero-order valence-electron chi connectivity index (χ0n) is 16.5. The van der Waals surface area contributed by atoms with E-state index in [4.69, 9.17) is 0 Å². The summed E-state index contributed by atoms with van der Waals surface area (Å²) < 4.78 is 15.1. The normalized spacial score (nSPS) is 19.5. The van der Waals surface area contributed by atoms with Gasteiger partial charge in [-0.1, -0.05) is 25.1 Å². The molecule has 1 aliphatic carbocycles. The smallest absolute Gasteiger partial charge is 0.304 e. The summed E-state index contributed by atoms with van der Waals surface area (Å²) in [4.78, 5) is 27.0. The monoisotopic (exact) mass is 404 g/mol. The van der Waals surface area contributed by atoms with E-state index in [2.05, 4.69) is 17.3 Å². The number of benzene rings is 2. The number of para-hydroxylation sites is 1. The highest BCUT2D eigenvalue weighted by molar-refractivity contribution is 6.44. The van der Waals surface area contributed by atoms with E-state index >= 15 is 0 Å². The average molecular weight is 404 g/mol. The Bertz CT molecular complexity index is 1140. The molecule has 2 aliphatic rings. The second-order valence-corrected chi connectivity index (χ2v) is 7.96. The van der Waals surface area contributed by atoms with E-state index < -0.39 is 11.8 Å². The Morgan fingerprint density at radius 1 is 1.13 bits per heavy atom. The van der Waals surface area contributed by atoms with Crippen LogP contribution in [0.5, 0.6) is 0 Å². The zero-order chi connectivity index (χ0) is 20.8. The molecule has 1 fully saturated rings. The third-order valence-electron chi connectivity index (χ3n) is 5.84. The molecule has 0 unspecified atom stereocenters. The molecule has 0 radical (unpaired) electrons. The molecule has 152 valence electrons. The highest BCUT2D eigenvalue weighted by atomic mass is 19.1. The quantitative estimate of drug-likeness (QED) is 0.678. The number of nitrogens with one attached hydrogen (secondary N) is 1. The van der Waals surface area contributed by atoms with Crippen LogP contribution < -0.4 is 10.2 Å². The molecule has 7 heteroatoms. The number of hydrogen-bond donors (Lipinski definition) is 1. The van der Waals surface area contributed by atoms with Crippen LogP contribution in [0.2, 0.25) is 0 Å². The SMILES string of the molecule is C[C@H]1C[C@@H]1c1cc(NC(=O)C(=O)N2CCc3cc(F)ccc32)n(-c2ccccc2)n1. The van der Waals surface area contributed by atoms with Crippen molar-refractivity contribution in [3.05, 3.63) is 71.7 Å². The third kappa shape index (κ3) is 3.26. The van der Waals surface area contributed by atoms with Gasteiger partial charge in [-0.25, -0.2) is 9.07 Å². The van der Waals surface area contributed by atoms with Crippen molar-refractivity contribution in [3.63, 3.8) is 0 Å². The van der Waals surface area contributed by atoms with Crippen molar-refractivity contribution in [3.8, 4) is 5.69 Å². The Morgan fingerprint density at radius 2 is 1.90 bits per heavy atom. The van der Waals surface area contributed by atoms with Crippen LogP contribution in [0.4, 0.5) is 15.9 Å². The van der Waals surface area contributed by atoms with Crippen LogP contribution >= 0.6 is 0 Å². The molecule has 2 amide bonds. The van der Waals surface area contributed by atoms with E-state index in [0.29, 0.717) is 36.3 Å². The lowest BCUT2D eigenvalue weighted by atomic mass is 10.2. The standard InChI is InChI=1S/C23H21FN4O2/c1-14-11-18(14)19-13-21(28(26-19)17-5-3-2-4-6-17)25-22(29)23(30)27-10-9-15-12-16(24)7-8-20(15)27/h2-8,12-14,18H,9-11H2,1H3,(H,25,29)/t14-,18-/m0/s1. The van der Waals surface area contributed by atoms with Crippen LogP contribution in [0.3, 0.4) is 0 Å². The number of rotatable bonds is 3. The molecule has 0 saturated heterocycles. The van der Waals surface area contributed by atoms with Crippen LogP contribution in [-0.4, -0.2) is 28.1 Å². The molecule has 2 atom stereocenters. The molecule has 5 rings (SSSR count). The fourth-order valence-electron chi connectivity index (χ4n) is 4.04. The van der Waals surface area contributed by atoms with Gasteiger partial charge >= 0.3 is 11.8 Å². The number of fused-ring (bicyclic) bond motifs is 1. The van der Waals surface area contributed by atoms with Crippen molar-refractivity contribution < 1.29 is 14.0 Å². The van der Waals surface area contributed by atoms with Crippen LogP contribution in [0.25, 0.3) is 5.69 Å². The first-order chi connectivity index (χ1) is 14.5. The maximum atomic E-state index is 13.4. The maximum absolute atomic E-state index is 13.4. The molecule has 0 bridgehead atoms. The predicted molar refractivity (Wildman–Crippen MR) is 111 cm³/mol. The van der Waals surface area contributed by atoms with Gasteiger partial charge in [0.05, 0.1) is 11.4 Å². The minimum absolute atomic E-state index is 0.346. The van der Waals surface area contributed by atoms with Gasteiger partial charge in [0.2, 0.25) is 0 Å². The van der Waals surface area contributed by atoms with Gasteiger partial charge in [0, 0.05) is 24.2 Å². The minimum Gasteiger partial charge on any atom is -0.304 e. The molecule has 30 heavy (non-hydrogen) atoms. The summed E-state index contributed by atoms with van der Waals surface area (Å²) in [6, 6.07) is 15.6. The average Bonchev–Trinajstić information content (AvgIpc) is 3.14. The number of aromatic nitrogens is 2. The first-order valence-electron chi connectivity index (χ1n) is 10.1. The number of halogens is 1. The number of nitrogens with zero attached hydrogens (tertiary/aromatic N) is 3.